The number of ether oxygens (including phenoxy) is 1. The van der Waals surface area contributed by atoms with Gasteiger partial charge in [-0.25, -0.2) is 0 Å². The van der Waals surface area contributed by atoms with Crippen molar-refractivity contribution in [2.75, 3.05) is 49.6 Å². The Kier molecular flexibility index (Phi) is 8.07. The summed E-state index contributed by atoms with van der Waals surface area (Å²) in [4.78, 5) is 5.68. The number of morpholine rings is 1. The molecule has 0 atom stereocenters. The summed E-state index contributed by atoms with van der Waals surface area (Å²) in [7, 11) is 0. The molecule has 0 amide bonds. The minimum atomic E-state index is 0.764. The summed E-state index contributed by atoms with van der Waals surface area (Å²) in [5.74, 6) is 0. The normalized spacial score (nSPS) is 17.4. The lowest BCUT2D eigenvalue weighted by Crippen LogP contribution is -2.36. The summed E-state index contributed by atoms with van der Waals surface area (Å²) < 4.78 is 5.65. The zero-order valence-corrected chi connectivity index (χ0v) is 21.8. The van der Waals surface area contributed by atoms with E-state index in [1.165, 1.54) is 39.2 Å². The summed E-state index contributed by atoms with van der Waals surface area (Å²) in [6.07, 6.45) is 4.32. The van der Waals surface area contributed by atoms with E-state index in [9.17, 15) is 0 Å². The number of anilines is 2. The topological polar surface area (TPSA) is 27.7 Å². The fourth-order valence-electron chi connectivity index (χ4n) is 4.83. The van der Waals surface area contributed by atoms with Crippen LogP contribution in [-0.2, 0) is 4.74 Å². The number of nitrogens with one attached hydrogen (secondary N) is 1. The molecule has 0 aromatic heterocycles. The fraction of sp³-hybridized carbons (Fsp3) is 0.414. The van der Waals surface area contributed by atoms with Gasteiger partial charge in [-0.2, -0.15) is 0 Å². The molecule has 180 valence electrons. The van der Waals surface area contributed by atoms with Gasteiger partial charge in [0.05, 0.1) is 13.2 Å². The Morgan fingerprint density at radius 1 is 1.00 bits per heavy atom. The minimum Gasteiger partial charge on any atom is -0.378 e. The number of aryl methyl sites for hydroxylation is 2. The maximum Gasteiger partial charge on any atom is 0.108 e. The van der Waals surface area contributed by atoms with Crippen LogP contribution >= 0.6 is 12.2 Å². The molecular formula is C29H37N3OS. The van der Waals surface area contributed by atoms with Crippen LogP contribution in [0.2, 0.25) is 0 Å². The predicted molar refractivity (Wildman–Crippen MR) is 149 cm³/mol. The third-order valence-corrected chi connectivity index (χ3v) is 7.31. The zero-order valence-electron chi connectivity index (χ0n) is 21.0. The molecule has 1 saturated heterocycles. The Hall–Kier alpha value is -2.63. The molecule has 5 heteroatoms. The van der Waals surface area contributed by atoms with Gasteiger partial charge in [-0.05, 0) is 93.1 Å². The number of rotatable bonds is 7. The first-order valence-electron chi connectivity index (χ1n) is 12.5. The van der Waals surface area contributed by atoms with E-state index in [-0.39, 0.29) is 0 Å². The van der Waals surface area contributed by atoms with Gasteiger partial charge in [0, 0.05) is 48.8 Å². The van der Waals surface area contributed by atoms with Crippen LogP contribution in [0.15, 0.2) is 59.3 Å². The van der Waals surface area contributed by atoms with Gasteiger partial charge >= 0.3 is 0 Å². The Balaban J connectivity index is 1.63. The maximum atomic E-state index is 5.95. The van der Waals surface area contributed by atoms with Crippen molar-refractivity contribution in [2.24, 2.45) is 0 Å². The van der Waals surface area contributed by atoms with Gasteiger partial charge < -0.3 is 19.9 Å². The number of benzene rings is 2. The van der Waals surface area contributed by atoms with Crippen LogP contribution in [0.3, 0.4) is 0 Å². The van der Waals surface area contributed by atoms with Crippen molar-refractivity contribution in [1.29, 1.82) is 0 Å². The Labute approximate surface area is 210 Å². The fourth-order valence-corrected chi connectivity index (χ4v) is 5.15. The molecule has 0 saturated carbocycles. The van der Waals surface area contributed by atoms with E-state index in [4.69, 9.17) is 17.0 Å². The summed E-state index contributed by atoms with van der Waals surface area (Å²) in [6.45, 7) is 14.1. The third kappa shape index (κ3) is 5.53. The van der Waals surface area contributed by atoms with E-state index in [2.05, 4.69) is 91.4 Å². The first-order valence-corrected chi connectivity index (χ1v) is 12.9. The molecule has 1 aliphatic heterocycles. The molecular weight excluding hydrogens is 438 g/mol. The largest absolute Gasteiger partial charge is 0.378 e. The molecule has 0 bridgehead atoms. The van der Waals surface area contributed by atoms with E-state index >= 15 is 0 Å². The molecule has 0 spiro atoms. The molecule has 1 heterocycles. The lowest BCUT2D eigenvalue weighted by atomic mass is 10.1. The van der Waals surface area contributed by atoms with Gasteiger partial charge in [0.15, 0.2) is 0 Å². The summed E-state index contributed by atoms with van der Waals surface area (Å²) in [5.41, 5.74) is 10.1. The molecule has 4 nitrogen and oxygen atoms in total. The molecule has 2 aromatic carbocycles. The molecule has 0 unspecified atom stereocenters. The van der Waals surface area contributed by atoms with E-state index in [1.807, 2.05) is 0 Å². The number of nitrogens with zero attached hydrogens (tertiary/aromatic N) is 2. The Bertz CT molecular complexity index is 1080. The van der Waals surface area contributed by atoms with E-state index in [0.717, 1.165) is 62.9 Å². The van der Waals surface area contributed by atoms with Crippen LogP contribution in [0.4, 0.5) is 11.4 Å². The molecule has 1 N–H and O–H groups in total. The summed E-state index contributed by atoms with van der Waals surface area (Å²) in [5, 5.41) is 3.52. The van der Waals surface area contributed by atoms with Crippen molar-refractivity contribution in [3.05, 3.63) is 76.0 Å². The van der Waals surface area contributed by atoms with Crippen LogP contribution in [0, 0.1) is 13.8 Å². The average Bonchev–Trinajstić information content (AvgIpc) is 3.27. The Morgan fingerprint density at radius 3 is 2.35 bits per heavy atom. The first-order chi connectivity index (χ1) is 16.5. The number of hydrogen-bond donors (Lipinski definition) is 1. The summed E-state index contributed by atoms with van der Waals surface area (Å²) in [6, 6.07) is 15.4. The van der Waals surface area contributed by atoms with Crippen molar-refractivity contribution in [3.8, 4) is 0 Å². The lowest BCUT2D eigenvalue weighted by molar-refractivity contribution is 0.0548. The van der Waals surface area contributed by atoms with Crippen molar-refractivity contribution >= 4 is 34.7 Å². The number of hydrogen-bond acceptors (Lipinski definition) is 4. The molecule has 1 aliphatic carbocycles. The van der Waals surface area contributed by atoms with Gasteiger partial charge in [0.2, 0.25) is 0 Å². The smallest absolute Gasteiger partial charge is 0.108 e. The monoisotopic (exact) mass is 475 g/mol. The van der Waals surface area contributed by atoms with E-state index in [0.29, 0.717) is 0 Å². The highest BCUT2D eigenvalue weighted by molar-refractivity contribution is 7.81. The average molecular weight is 476 g/mol. The lowest BCUT2D eigenvalue weighted by Gasteiger charge is -2.32. The predicted octanol–water partition coefficient (Wildman–Crippen LogP) is 6.35. The zero-order chi connectivity index (χ0) is 24.1. The molecule has 2 aliphatic rings. The molecule has 2 aromatic rings. The summed E-state index contributed by atoms with van der Waals surface area (Å²) >= 11 is 5.95. The van der Waals surface area contributed by atoms with Crippen molar-refractivity contribution in [3.63, 3.8) is 0 Å². The van der Waals surface area contributed by atoms with Crippen LogP contribution in [-0.4, -0.2) is 49.3 Å². The van der Waals surface area contributed by atoms with Gasteiger partial charge in [-0.1, -0.05) is 30.4 Å². The Morgan fingerprint density at radius 2 is 1.71 bits per heavy atom. The van der Waals surface area contributed by atoms with Gasteiger partial charge in [0.1, 0.15) is 4.99 Å². The van der Waals surface area contributed by atoms with Crippen molar-refractivity contribution in [2.45, 2.75) is 40.5 Å². The van der Waals surface area contributed by atoms with Crippen LogP contribution in [0.5, 0.6) is 0 Å². The second kappa shape index (κ2) is 11.2. The number of allylic oxidation sites excluding steroid dienone is 1. The maximum absolute atomic E-state index is 5.95. The van der Waals surface area contributed by atoms with Gasteiger partial charge in [-0.15, -0.1) is 0 Å². The molecule has 34 heavy (non-hydrogen) atoms. The van der Waals surface area contributed by atoms with E-state index < -0.39 is 0 Å². The number of thiocarbonyl (C=S) groups is 1. The quantitative estimate of drug-likeness (QED) is 0.471. The second-order valence-electron chi connectivity index (χ2n) is 9.11. The standard InChI is InChI=1S/C29H37N3OS/c1-5-31(6-2)26-12-8-23(9-13-26)20-24-10-14-27(28(24)32-15-17-33-18-16-32)29(34)30-25-11-7-21(3)22(4)19-25/h7-9,11-13,19-20H,5-6,10,14-18H2,1-4H3,(H,30,34). The van der Waals surface area contributed by atoms with Gasteiger partial charge in [-0.3, -0.25) is 0 Å². The van der Waals surface area contributed by atoms with Gasteiger partial charge in [0.25, 0.3) is 0 Å². The van der Waals surface area contributed by atoms with E-state index in [1.54, 1.807) is 0 Å². The first kappa shape index (κ1) is 24.5. The molecule has 4 rings (SSSR count). The second-order valence-corrected chi connectivity index (χ2v) is 9.52. The van der Waals surface area contributed by atoms with Crippen LogP contribution < -0.4 is 10.2 Å². The van der Waals surface area contributed by atoms with Crippen LogP contribution in [0.1, 0.15) is 43.4 Å². The van der Waals surface area contributed by atoms with Crippen molar-refractivity contribution < 1.29 is 4.74 Å². The third-order valence-electron chi connectivity index (χ3n) is 6.96. The van der Waals surface area contributed by atoms with Crippen LogP contribution in [0.25, 0.3) is 6.08 Å². The molecule has 1 fully saturated rings. The molecule has 0 radical (unpaired) electrons. The highest BCUT2D eigenvalue weighted by Gasteiger charge is 2.28. The SMILES string of the molecule is CCN(CC)c1ccc(C=C2CCC(C(=S)Nc3ccc(C)c(C)c3)=C2N2CCOCC2)cc1. The minimum absolute atomic E-state index is 0.764. The highest BCUT2D eigenvalue weighted by Crippen LogP contribution is 2.37. The van der Waals surface area contributed by atoms with Crippen molar-refractivity contribution in [1.82, 2.24) is 4.90 Å². The highest BCUT2D eigenvalue weighted by atomic mass is 32.1.